The molecule has 0 bridgehead atoms. The lowest BCUT2D eigenvalue weighted by Crippen LogP contribution is -2.42. The highest BCUT2D eigenvalue weighted by atomic mass is 16.6. The van der Waals surface area contributed by atoms with E-state index in [1.807, 2.05) is 25.1 Å². The van der Waals surface area contributed by atoms with Crippen LogP contribution in [0.3, 0.4) is 0 Å². The average molecular weight is 280 g/mol. The molecular formula is C14H20N2O4. The number of carbonyl (C=O) groups is 1. The molecule has 110 valence electrons. The number of carbonyl (C=O) groups excluding carboxylic acids is 1. The fourth-order valence-electron chi connectivity index (χ4n) is 1.95. The summed E-state index contributed by atoms with van der Waals surface area (Å²) < 4.78 is 15.9. The van der Waals surface area contributed by atoms with Gasteiger partial charge in [0.15, 0.2) is 11.5 Å². The molecule has 0 radical (unpaired) electrons. The van der Waals surface area contributed by atoms with E-state index in [-0.39, 0.29) is 12.1 Å². The third-order valence-electron chi connectivity index (χ3n) is 2.85. The fourth-order valence-corrected chi connectivity index (χ4v) is 1.95. The first-order valence-electron chi connectivity index (χ1n) is 6.61. The van der Waals surface area contributed by atoms with E-state index < -0.39 is 0 Å². The zero-order valence-electron chi connectivity index (χ0n) is 11.8. The van der Waals surface area contributed by atoms with E-state index in [9.17, 15) is 4.79 Å². The average Bonchev–Trinajstić information content (AvgIpc) is 2.45. The SMILES string of the molecule is COC[C@H](C)NC(=O)NCc1ccc2c(c1)OCCO2. The molecule has 1 aromatic rings. The van der Waals surface area contributed by atoms with Crippen molar-refractivity contribution in [2.24, 2.45) is 0 Å². The number of benzene rings is 1. The molecule has 0 aliphatic carbocycles. The van der Waals surface area contributed by atoms with Gasteiger partial charge in [-0.15, -0.1) is 0 Å². The largest absolute Gasteiger partial charge is 0.486 e. The first kappa shape index (κ1) is 14.5. The number of nitrogens with one attached hydrogen (secondary N) is 2. The summed E-state index contributed by atoms with van der Waals surface area (Å²) in [6.45, 7) is 3.93. The van der Waals surface area contributed by atoms with Crippen LogP contribution in [0.4, 0.5) is 4.79 Å². The van der Waals surface area contributed by atoms with Gasteiger partial charge in [-0.2, -0.15) is 0 Å². The van der Waals surface area contributed by atoms with Gasteiger partial charge in [-0.1, -0.05) is 6.07 Å². The highest BCUT2D eigenvalue weighted by molar-refractivity contribution is 5.74. The molecule has 0 spiro atoms. The number of methoxy groups -OCH3 is 1. The molecule has 1 aliphatic heterocycles. The van der Waals surface area contributed by atoms with Gasteiger partial charge < -0.3 is 24.8 Å². The molecule has 0 unspecified atom stereocenters. The van der Waals surface area contributed by atoms with Gasteiger partial charge in [-0.3, -0.25) is 0 Å². The summed E-state index contributed by atoms with van der Waals surface area (Å²) in [6.07, 6.45) is 0. The maximum Gasteiger partial charge on any atom is 0.315 e. The smallest absolute Gasteiger partial charge is 0.315 e. The minimum Gasteiger partial charge on any atom is -0.486 e. The summed E-state index contributed by atoms with van der Waals surface area (Å²) in [5, 5.41) is 5.58. The van der Waals surface area contributed by atoms with Crippen LogP contribution < -0.4 is 20.1 Å². The number of hydrogen-bond acceptors (Lipinski definition) is 4. The third-order valence-corrected chi connectivity index (χ3v) is 2.85. The minimum absolute atomic E-state index is 0.0275. The molecule has 0 aromatic heterocycles. The van der Waals surface area contributed by atoms with Gasteiger partial charge in [0.25, 0.3) is 0 Å². The van der Waals surface area contributed by atoms with Crippen LogP contribution in [0.1, 0.15) is 12.5 Å². The van der Waals surface area contributed by atoms with Crippen LogP contribution in [-0.4, -0.2) is 39.0 Å². The monoisotopic (exact) mass is 280 g/mol. The predicted octanol–water partition coefficient (Wildman–Crippen LogP) is 1.29. The Balaban J connectivity index is 1.83. The van der Waals surface area contributed by atoms with E-state index in [2.05, 4.69) is 10.6 Å². The van der Waals surface area contributed by atoms with Crippen molar-refractivity contribution < 1.29 is 19.0 Å². The van der Waals surface area contributed by atoms with E-state index in [0.29, 0.717) is 26.4 Å². The van der Waals surface area contributed by atoms with Crippen LogP contribution in [0.5, 0.6) is 11.5 Å². The standard InChI is InChI=1S/C14H20N2O4/c1-10(9-18-2)16-14(17)15-8-11-3-4-12-13(7-11)20-6-5-19-12/h3-4,7,10H,5-6,8-9H2,1-2H3,(H2,15,16,17)/t10-/m0/s1. The normalized spacial score (nSPS) is 14.5. The molecule has 0 fully saturated rings. The quantitative estimate of drug-likeness (QED) is 0.853. The zero-order chi connectivity index (χ0) is 14.4. The topological polar surface area (TPSA) is 68.8 Å². The maximum absolute atomic E-state index is 11.7. The van der Waals surface area contributed by atoms with Crippen molar-refractivity contribution in [2.75, 3.05) is 26.9 Å². The Morgan fingerprint density at radius 3 is 2.85 bits per heavy atom. The Labute approximate surface area is 118 Å². The van der Waals surface area contributed by atoms with E-state index in [1.54, 1.807) is 7.11 Å². The Kier molecular flexibility index (Phi) is 5.06. The number of hydrogen-bond donors (Lipinski definition) is 2. The van der Waals surface area contributed by atoms with Crippen LogP contribution in [0.2, 0.25) is 0 Å². The molecule has 2 amide bonds. The van der Waals surface area contributed by atoms with Gasteiger partial charge in [0.05, 0.1) is 12.6 Å². The van der Waals surface area contributed by atoms with Crippen LogP contribution in [0, 0.1) is 0 Å². The van der Waals surface area contributed by atoms with E-state index in [1.165, 1.54) is 0 Å². The van der Waals surface area contributed by atoms with Crippen molar-refractivity contribution in [3.05, 3.63) is 23.8 Å². The highest BCUT2D eigenvalue weighted by Gasteiger charge is 2.12. The number of fused-ring (bicyclic) bond motifs is 1. The minimum atomic E-state index is -0.218. The van der Waals surface area contributed by atoms with E-state index in [4.69, 9.17) is 14.2 Å². The predicted molar refractivity (Wildman–Crippen MR) is 74.1 cm³/mol. The number of ether oxygens (including phenoxy) is 3. The second-order valence-electron chi connectivity index (χ2n) is 4.66. The summed E-state index contributed by atoms with van der Waals surface area (Å²) in [7, 11) is 1.60. The Morgan fingerprint density at radius 1 is 1.35 bits per heavy atom. The molecule has 1 aromatic carbocycles. The molecule has 1 atom stereocenters. The Bertz CT molecular complexity index is 464. The molecule has 0 saturated carbocycles. The second-order valence-corrected chi connectivity index (χ2v) is 4.66. The Morgan fingerprint density at radius 2 is 2.10 bits per heavy atom. The van der Waals surface area contributed by atoms with Crippen molar-refractivity contribution in [1.82, 2.24) is 10.6 Å². The number of amides is 2. The summed E-state index contributed by atoms with van der Waals surface area (Å²) in [5.41, 5.74) is 0.962. The third kappa shape index (κ3) is 4.03. The van der Waals surface area contributed by atoms with Crippen molar-refractivity contribution in [3.63, 3.8) is 0 Å². The summed E-state index contributed by atoms with van der Waals surface area (Å²) >= 11 is 0. The fraction of sp³-hybridized carbons (Fsp3) is 0.500. The first-order chi connectivity index (χ1) is 9.69. The Hall–Kier alpha value is -1.95. The van der Waals surface area contributed by atoms with Crippen LogP contribution in [0.25, 0.3) is 0 Å². The molecule has 2 rings (SSSR count). The lowest BCUT2D eigenvalue weighted by atomic mass is 10.2. The van der Waals surface area contributed by atoms with Crippen LogP contribution in [0.15, 0.2) is 18.2 Å². The molecular weight excluding hydrogens is 260 g/mol. The number of rotatable bonds is 5. The lowest BCUT2D eigenvalue weighted by molar-refractivity contribution is 0.170. The van der Waals surface area contributed by atoms with Crippen LogP contribution >= 0.6 is 0 Å². The molecule has 1 heterocycles. The number of urea groups is 1. The summed E-state index contributed by atoms with van der Waals surface area (Å²) in [4.78, 5) is 11.7. The van der Waals surface area contributed by atoms with Gasteiger partial charge in [0, 0.05) is 13.7 Å². The van der Waals surface area contributed by atoms with Gasteiger partial charge in [0.1, 0.15) is 13.2 Å². The summed E-state index contributed by atoms with van der Waals surface area (Å²) in [5.74, 6) is 1.47. The van der Waals surface area contributed by atoms with Crippen molar-refractivity contribution in [2.45, 2.75) is 19.5 Å². The van der Waals surface area contributed by atoms with Crippen molar-refractivity contribution in [1.29, 1.82) is 0 Å². The maximum atomic E-state index is 11.7. The molecule has 1 aliphatic rings. The van der Waals surface area contributed by atoms with Gasteiger partial charge in [-0.05, 0) is 24.6 Å². The van der Waals surface area contributed by atoms with E-state index >= 15 is 0 Å². The summed E-state index contributed by atoms with van der Waals surface area (Å²) in [6, 6.07) is 5.40. The van der Waals surface area contributed by atoms with Crippen molar-refractivity contribution in [3.8, 4) is 11.5 Å². The molecule has 2 N–H and O–H groups in total. The molecule has 6 heteroatoms. The van der Waals surface area contributed by atoms with Crippen molar-refractivity contribution >= 4 is 6.03 Å². The molecule has 6 nitrogen and oxygen atoms in total. The van der Waals surface area contributed by atoms with Gasteiger partial charge in [-0.25, -0.2) is 4.79 Å². The zero-order valence-corrected chi connectivity index (χ0v) is 11.8. The second kappa shape index (κ2) is 7.00. The van der Waals surface area contributed by atoms with Gasteiger partial charge in [0.2, 0.25) is 0 Å². The molecule has 20 heavy (non-hydrogen) atoms. The highest BCUT2D eigenvalue weighted by Crippen LogP contribution is 2.30. The van der Waals surface area contributed by atoms with Crippen LogP contribution in [-0.2, 0) is 11.3 Å². The molecule has 0 saturated heterocycles. The lowest BCUT2D eigenvalue weighted by Gasteiger charge is -2.19. The van der Waals surface area contributed by atoms with Gasteiger partial charge >= 0.3 is 6.03 Å². The first-order valence-corrected chi connectivity index (χ1v) is 6.61. The van der Waals surface area contributed by atoms with E-state index in [0.717, 1.165) is 17.1 Å².